The van der Waals surface area contributed by atoms with Crippen molar-refractivity contribution < 1.29 is 0 Å². The highest BCUT2D eigenvalue weighted by Crippen LogP contribution is -0.454. The summed E-state index contributed by atoms with van der Waals surface area (Å²) in [6.45, 7) is 0. The second-order valence-electron chi connectivity index (χ2n) is 0. The molecule has 0 aliphatic rings. The molecule has 0 bridgehead atoms. The van der Waals surface area contributed by atoms with Gasteiger partial charge in [0.2, 0.25) is 0 Å². The van der Waals surface area contributed by atoms with E-state index < -0.39 is 0 Å². The smallest absolute Gasteiger partial charge is 0.344 e. The molecule has 28 nitrogen and oxygen atoms in total. The Morgan fingerprint density at radius 2 is 0.0357 bits per heavy atom. The standard InChI is InChI=1S/28H3N/h28*1H3. The minimum absolute atomic E-state index is 0. The van der Waals surface area contributed by atoms with Gasteiger partial charge < -0.3 is 172 Å². The van der Waals surface area contributed by atoms with Gasteiger partial charge in [-0.3, -0.25) is 0 Å². The van der Waals surface area contributed by atoms with Crippen molar-refractivity contribution in [2.45, 2.75) is 0 Å². The Balaban J connectivity index is 0. The maximum absolute atomic E-state index is 0. The van der Waals surface area contributed by atoms with E-state index in [1.54, 1.807) is 0 Å². The molecule has 84 N–H and O–H groups in total. The summed E-state index contributed by atoms with van der Waals surface area (Å²) in [4.78, 5) is 0. The van der Waals surface area contributed by atoms with Crippen molar-refractivity contribution in [1.29, 1.82) is 0 Å². The molecule has 0 saturated carbocycles. The molecule has 0 unspecified atom stereocenters. The lowest BCUT2D eigenvalue weighted by Gasteiger charge is -0.345. The summed E-state index contributed by atoms with van der Waals surface area (Å²) in [6.07, 6.45) is 0. The topological polar surface area (TPSA) is 980 Å². The molecule has 0 spiro atoms. The Bertz CT molecular complexity index is 0. The van der Waals surface area contributed by atoms with Crippen LogP contribution in [0.15, 0.2) is 0 Å². The van der Waals surface area contributed by atoms with E-state index in [1.165, 1.54) is 0 Å². The molecule has 224 valence electrons. The van der Waals surface area contributed by atoms with Crippen molar-refractivity contribution in [3.8, 4) is 0 Å². The van der Waals surface area contributed by atoms with Gasteiger partial charge in [-0.15, -0.1) is 0 Å². The Morgan fingerprint density at radius 1 is 0.0357 bits per heavy atom. The second-order valence-corrected chi connectivity index (χ2v) is 0. The van der Waals surface area contributed by atoms with Crippen molar-refractivity contribution in [3.05, 3.63) is 0 Å². The lowest BCUT2D eigenvalue weighted by atomic mass is 14.0. The van der Waals surface area contributed by atoms with Gasteiger partial charge in [0, 0.05) is 0 Å². The van der Waals surface area contributed by atoms with Crippen molar-refractivity contribution in [2.24, 2.45) is 0 Å². The summed E-state index contributed by atoms with van der Waals surface area (Å²) < 4.78 is 0. The molecule has 0 aliphatic carbocycles. The van der Waals surface area contributed by atoms with E-state index in [4.69, 9.17) is 0 Å². The summed E-state index contributed by atoms with van der Waals surface area (Å²) in [5, 5.41) is 0. The van der Waals surface area contributed by atoms with Gasteiger partial charge in [0.05, 0.1) is 0 Å². The summed E-state index contributed by atoms with van der Waals surface area (Å²) in [5.74, 6) is 0. The normalized spacial score (nSPS) is 0. The third-order valence-corrected chi connectivity index (χ3v) is 0. The van der Waals surface area contributed by atoms with Crippen molar-refractivity contribution in [2.75, 3.05) is 0 Å². The minimum atomic E-state index is 0. The Hall–Kier alpha value is -1.12. The molecule has 28 heteroatoms. The lowest BCUT2D eigenvalue weighted by Crippen LogP contribution is -0.482. The first-order valence-corrected chi connectivity index (χ1v) is 0. The number of hydrogen-bond donors (Lipinski definition) is 28. The van der Waals surface area contributed by atoms with E-state index in [2.05, 4.69) is 0 Å². The summed E-state index contributed by atoms with van der Waals surface area (Å²) in [7, 11) is 0. The van der Waals surface area contributed by atoms with Crippen LogP contribution in [-0.2, 0) is 0 Å². The average Bonchev–Trinajstić information content (AvgIpc) is 0. The fourth-order valence-corrected chi connectivity index (χ4v) is 0. The van der Waals surface area contributed by atoms with Crippen LogP contribution in [0.5, 0.6) is 0 Å². The summed E-state index contributed by atoms with van der Waals surface area (Å²) >= 11 is 0. The molecular formula is H84N28. The zero-order valence-electron chi connectivity index (χ0n) is 19.8. The highest BCUT2D eigenvalue weighted by atomic mass is 14.0. The van der Waals surface area contributed by atoms with Crippen LogP contribution in [0.25, 0.3) is 0 Å². The molecule has 0 aliphatic heterocycles. The summed E-state index contributed by atoms with van der Waals surface area (Å²) in [6, 6.07) is 0. The fraction of sp³-hybridized carbons (Fsp3) is 0. The van der Waals surface area contributed by atoms with Crippen LogP contribution >= 0.6 is 0 Å². The van der Waals surface area contributed by atoms with Crippen molar-refractivity contribution in [3.63, 3.8) is 0 Å². The molecule has 0 heterocycles. The first-order chi connectivity index (χ1) is 0. The maximum atomic E-state index is 0. The van der Waals surface area contributed by atoms with Gasteiger partial charge in [-0.05, 0) is 0 Å². The minimum Gasteiger partial charge on any atom is -0.344 e. The zero-order valence-corrected chi connectivity index (χ0v) is 19.8. The van der Waals surface area contributed by atoms with E-state index in [0.29, 0.717) is 0 Å². The predicted octanol–water partition coefficient (Wildman–Crippen LogP) is 4.54. The predicted molar refractivity (Wildman–Crippen MR) is 141 cm³/mol. The quantitative estimate of drug-likeness (QED) is 0.227. The van der Waals surface area contributed by atoms with Crippen LogP contribution in [0.4, 0.5) is 0 Å². The summed E-state index contributed by atoms with van der Waals surface area (Å²) in [5.41, 5.74) is 0. The third kappa shape index (κ3) is 11300. The SMILES string of the molecule is N.N.N.N.N.N.N.N.N.N.N.N.N.N.N.N.N.N.N.N.N.N.N.N.N.N.N.N. The average molecular weight is 477 g/mol. The van der Waals surface area contributed by atoms with Crippen molar-refractivity contribution in [1.82, 2.24) is 172 Å². The monoisotopic (exact) mass is 477 g/mol. The molecule has 0 aromatic carbocycles. The molecule has 0 amide bonds. The van der Waals surface area contributed by atoms with Crippen LogP contribution in [-0.4, -0.2) is 0 Å². The zero-order chi connectivity index (χ0) is 0. The molecule has 28 heavy (non-hydrogen) atoms. The molecule has 0 atom stereocenters. The van der Waals surface area contributed by atoms with Gasteiger partial charge in [0.1, 0.15) is 0 Å². The van der Waals surface area contributed by atoms with Crippen molar-refractivity contribution >= 4 is 0 Å². The van der Waals surface area contributed by atoms with Gasteiger partial charge in [0.15, 0.2) is 0 Å². The largest absolute Gasteiger partial charge is 0.344 e. The van der Waals surface area contributed by atoms with Crippen LogP contribution < -0.4 is 172 Å². The van der Waals surface area contributed by atoms with E-state index in [-0.39, 0.29) is 172 Å². The van der Waals surface area contributed by atoms with E-state index in [0.717, 1.165) is 0 Å². The fourth-order valence-electron chi connectivity index (χ4n) is 0. The van der Waals surface area contributed by atoms with Crippen LogP contribution in [0, 0.1) is 0 Å². The van der Waals surface area contributed by atoms with Gasteiger partial charge in [-0.1, -0.05) is 0 Å². The van der Waals surface area contributed by atoms with Gasteiger partial charge >= 0.3 is 0 Å². The van der Waals surface area contributed by atoms with Crippen LogP contribution in [0.2, 0.25) is 0 Å². The highest BCUT2D eigenvalue weighted by molar-refractivity contribution is 2.16. The Labute approximate surface area is 173 Å². The molecule has 0 rings (SSSR count). The number of hydrogen-bond acceptors (Lipinski definition) is 28. The second kappa shape index (κ2) is 12800. The van der Waals surface area contributed by atoms with Crippen LogP contribution in [0.1, 0.15) is 0 Å². The molecule has 0 radical (unpaired) electrons. The Kier molecular flexibility index (Phi) is 6550000. The van der Waals surface area contributed by atoms with Gasteiger partial charge in [0.25, 0.3) is 0 Å². The third-order valence-electron chi connectivity index (χ3n) is 0. The molecule has 0 saturated heterocycles. The Morgan fingerprint density at radius 3 is 0.0357 bits per heavy atom. The molecule has 0 aromatic heterocycles. The maximum Gasteiger partial charge on any atom is -0.344 e. The molecule has 0 fully saturated rings. The first-order valence-electron chi connectivity index (χ1n) is 0. The van der Waals surface area contributed by atoms with E-state index >= 15 is 0 Å². The molecule has 0 aromatic rings. The number of rotatable bonds is 0. The van der Waals surface area contributed by atoms with Gasteiger partial charge in [-0.2, -0.15) is 0 Å². The van der Waals surface area contributed by atoms with Crippen LogP contribution in [0.3, 0.4) is 0 Å². The first kappa shape index (κ1) is 14400. The van der Waals surface area contributed by atoms with E-state index in [1.807, 2.05) is 0 Å². The molecular weight excluding hydrogens is 392 g/mol. The highest BCUT2D eigenvalue weighted by Gasteiger charge is -0.317. The van der Waals surface area contributed by atoms with E-state index in [9.17, 15) is 0 Å². The van der Waals surface area contributed by atoms with Gasteiger partial charge in [-0.25, -0.2) is 0 Å². The lowest BCUT2D eigenvalue weighted by molar-refractivity contribution is 2.13.